The van der Waals surface area contributed by atoms with E-state index in [4.69, 9.17) is 0 Å². The largest absolute Gasteiger partial charge is 0.352 e. The monoisotopic (exact) mass is 565 g/mol. The van der Waals surface area contributed by atoms with Crippen molar-refractivity contribution in [3.63, 3.8) is 0 Å². The fourth-order valence-corrected chi connectivity index (χ4v) is 6.39. The molecule has 0 aromatic heterocycles. The Kier molecular flexibility index (Phi) is 9.58. The van der Waals surface area contributed by atoms with Gasteiger partial charge in [0.2, 0.25) is 11.8 Å². The molecule has 0 saturated heterocycles. The zero-order valence-electron chi connectivity index (χ0n) is 22.9. The molecule has 0 spiro atoms. The van der Waals surface area contributed by atoms with Crippen molar-refractivity contribution in [3.8, 4) is 0 Å². The Morgan fingerprint density at radius 2 is 1.55 bits per heavy atom. The summed E-state index contributed by atoms with van der Waals surface area (Å²) in [6, 6.07) is 19.6. The Morgan fingerprint density at radius 1 is 0.925 bits per heavy atom. The van der Waals surface area contributed by atoms with Gasteiger partial charge in [0.15, 0.2) is 0 Å². The summed E-state index contributed by atoms with van der Waals surface area (Å²) in [7, 11) is -4.23. The molecule has 1 aliphatic carbocycles. The van der Waals surface area contributed by atoms with Crippen LogP contribution in [0.1, 0.15) is 50.2 Å². The van der Waals surface area contributed by atoms with Gasteiger partial charge < -0.3 is 10.2 Å². The van der Waals surface area contributed by atoms with Gasteiger partial charge in [-0.1, -0.05) is 61.7 Å². The van der Waals surface area contributed by atoms with Crippen molar-refractivity contribution in [2.75, 3.05) is 10.8 Å². The first-order valence-electron chi connectivity index (χ1n) is 13.6. The number of amides is 2. The lowest BCUT2D eigenvalue weighted by atomic mass is 9.95. The molecule has 40 heavy (non-hydrogen) atoms. The van der Waals surface area contributed by atoms with E-state index in [-0.39, 0.29) is 29.1 Å². The van der Waals surface area contributed by atoms with Gasteiger partial charge in [0.05, 0.1) is 10.6 Å². The zero-order valence-corrected chi connectivity index (χ0v) is 23.7. The summed E-state index contributed by atoms with van der Waals surface area (Å²) in [5, 5.41) is 3.10. The van der Waals surface area contributed by atoms with Gasteiger partial charge in [0.25, 0.3) is 10.0 Å². The SMILES string of the molecule is Cc1ccccc1CN(C(=O)CN(c1ccccc1)S(=O)(=O)c1ccc(F)cc1)[C@H](C)C(=O)NC1CCCCC1. The minimum Gasteiger partial charge on any atom is -0.352 e. The van der Waals surface area contributed by atoms with Crippen LogP contribution < -0.4 is 9.62 Å². The number of hydrogen-bond donors (Lipinski definition) is 1. The smallest absolute Gasteiger partial charge is 0.264 e. The van der Waals surface area contributed by atoms with E-state index in [1.807, 2.05) is 31.2 Å². The van der Waals surface area contributed by atoms with Crippen molar-refractivity contribution in [1.82, 2.24) is 10.2 Å². The molecule has 7 nitrogen and oxygen atoms in total. The summed E-state index contributed by atoms with van der Waals surface area (Å²) in [4.78, 5) is 28.7. The fraction of sp³-hybridized carbons (Fsp3) is 0.355. The highest BCUT2D eigenvalue weighted by Crippen LogP contribution is 2.25. The van der Waals surface area contributed by atoms with Crippen molar-refractivity contribution >= 4 is 27.5 Å². The highest BCUT2D eigenvalue weighted by molar-refractivity contribution is 7.92. The number of nitrogens with zero attached hydrogens (tertiary/aromatic N) is 2. The molecule has 0 bridgehead atoms. The summed E-state index contributed by atoms with van der Waals surface area (Å²) in [5.41, 5.74) is 2.11. The molecule has 9 heteroatoms. The number of carbonyl (C=O) groups is 2. The van der Waals surface area contributed by atoms with E-state index in [1.54, 1.807) is 37.3 Å². The minimum absolute atomic E-state index is 0.0683. The van der Waals surface area contributed by atoms with Crippen LogP contribution in [-0.4, -0.2) is 43.8 Å². The predicted molar refractivity (Wildman–Crippen MR) is 154 cm³/mol. The molecule has 1 saturated carbocycles. The maximum absolute atomic E-state index is 14.0. The van der Waals surface area contributed by atoms with Gasteiger partial charge in [-0.05, 0) is 74.2 Å². The molecule has 1 fully saturated rings. The topological polar surface area (TPSA) is 86.8 Å². The number of aryl methyl sites for hydroxylation is 1. The lowest BCUT2D eigenvalue weighted by Gasteiger charge is -2.33. The first-order chi connectivity index (χ1) is 19.2. The Hall–Kier alpha value is -3.72. The molecule has 3 aromatic carbocycles. The number of hydrogen-bond acceptors (Lipinski definition) is 4. The van der Waals surface area contributed by atoms with E-state index in [0.29, 0.717) is 0 Å². The lowest BCUT2D eigenvalue weighted by molar-refractivity contribution is -0.139. The second-order valence-electron chi connectivity index (χ2n) is 10.3. The first kappa shape index (κ1) is 29.3. The fourth-order valence-electron chi connectivity index (χ4n) is 4.98. The van der Waals surface area contributed by atoms with E-state index in [1.165, 1.54) is 17.0 Å². The first-order valence-corrected chi connectivity index (χ1v) is 15.1. The van der Waals surface area contributed by atoms with Gasteiger partial charge in [0.1, 0.15) is 18.4 Å². The molecule has 1 aliphatic rings. The van der Waals surface area contributed by atoms with Gasteiger partial charge in [-0.3, -0.25) is 13.9 Å². The van der Waals surface area contributed by atoms with Crippen LogP contribution in [0.5, 0.6) is 0 Å². The minimum atomic E-state index is -4.23. The maximum Gasteiger partial charge on any atom is 0.264 e. The average Bonchev–Trinajstić information content (AvgIpc) is 2.96. The van der Waals surface area contributed by atoms with Gasteiger partial charge in [-0.25, -0.2) is 12.8 Å². The number of halogens is 1. The van der Waals surface area contributed by atoms with E-state index < -0.39 is 34.3 Å². The molecule has 1 N–H and O–H groups in total. The normalized spacial score (nSPS) is 14.8. The standard InChI is InChI=1S/C31H36FN3O4S/c1-23-11-9-10-12-25(23)21-34(24(2)31(37)33-27-13-5-3-6-14-27)30(36)22-35(28-15-7-4-8-16-28)40(38,39)29-19-17-26(32)18-20-29/h4,7-12,15-20,24,27H,3,5-6,13-14,21-22H2,1-2H3,(H,33,37)/t24-/m1/s1. The van der Waals surface area contributed by atoms with Crippen LogP contribution in [0.15, 0.2) is 83.8 Å². The van der Waals surface area contributed by atoms with Crippen LogP contribution in [0.2, 0.25) is 0 Å². The predicted octanol–water partition coefficient (Wildman–Crippen LogP) is 5.20. The molecule has 1 atom stereocenters. The van der Waals surface area contributed by atoms with Crippen LogP contribution >= 0.6 is 0 Å². The summed E-state index contributed by atoms with van der Waals surface area (Å²) < 4.78 is 42.1. The summed E-state index contributed by atoms with van der Waals surface area (Å²) in [6.07, 6.45) is 5.07. The van der Waals surface area contributed by atoms with Gasteiger partial charge in [-0.2, -0.15) is 0 Å². The van der Waals surface area contributed by atoms with Crippen molar-refractivity contribution in [1.29, 1.82) is 0 Å². The average molecular weight is 566 g/mol. The van der Waals surface area contributed by atoms with Crippen molar-refractivity contribution in [2.45, 2.75) is 69.5 Å². The summed E-state index contributed by atoms with van der Waals surface area (Å²) in [5.74, 6) is -1.35. The van der Waals surface area contributed by atoms with Crippen molar-refractivity contribution < 1.29 is 22.4 Å². The number of carbonyl (C=O) groups excluding carboxylic acids is 2. The third-order valence-corrected chi connectivity index (χ3v) is 9.23. The van der Waals surface area contributed by atoms with Gasteiger partial charge >= 0.3 is 0 Å². The van der Waals surface area contributed by atoms with Crippen LogP contribution in [0.25, 0.3) is 0 Å². The third-order valence-electron chi connectivity index (χ3n) is 7.45. The van der Waals surface area contributed by atoms with Gasteiger partial charge in [-0.15, -0.1) is 0 Å². The molecule has 0 aliphatic heterocycles. The molecule has 3 aromatic rings. The molecule has 0 heterocycles. The quantitative estimate of drug-likeness (QED) is 0.366. The molecule has 2 amide bonds. The van der Waals surface area contributed by atoms with Crippen LogP contribution in [0.3, 0.4) is 0 Å². The van der Waals surface area contributed by atoms with E-state index in [0.717, 1.165) is 59.7 Å². The number of para-hydroxylation sites is 1. The van der Waals surface area contributed by atoms with E-state index in [9.17, 15) is 22.4 Å². The maximum atomic E-state index is 14.0. The molecule has 4 rings (SSSR count). The number of anilines is 1. The third kappa shape index (κ3) is 7.07. The molecule has 0 radical (unpaired) electrons. The molecule has 212 valence electrons. The Morgan fingerprint density at radius 3 is 2.20 bits per heavy atom. The summed E-state index contributed by atoms with van der Waals surface area (Å²) in [6.45, 7) is 3.22. The lowest BCUT2D eigenvalue weighted by Crippen LogP contribution is -2.53. The van der Waals surface area contributed by atoms with E-state index >= 15 is 0 Å². The van der Waals surface area contributed by atoms with Crippen LogP contribution in [-0.2, 0) is 26.2 Å². The number of rotatable bonds is 10. The van der Waals surface area contributed by atoms with Crippen molar-refractivity contribution in [3.05, 3.63) is 95.8 Å². The van der Waals surface area contributed by atoms with Crippen LogP contribution in [0.4, 0.5) is 10.1 Å². The van der Waals surface area contributed by atoms with Crippen molar-refractivity contribution in [2.24, 2.45) is 0 Å². The Labute approximate surface area is 236 Å². The molecular weight excluding hydrogens is 529 g/mol. The Bertz CT molecular complexity index is 1410. The zero-order chi connectivity index (χ0) is 28.7. The van der Waals surface area contributed by atoms with E-state index in [2.05, 4.69) is 5.32 Å². The number of benzene rings is 3. The second kappa shape index (κ2) is 13.1. The molecule has 0 unspecified atom stereocenters. The number of nitrogens with one attached hydrogen (secondary N) is 1. The summed E-state index contributed by atoms with van der Waals surface area (Å²) >= 11 is 0. The molecular formula is C31H36FN3O4S. The Balaban J connectivity index is 1.66. The highest BCUT2D eigenvalue weighted by Gasteiger charge is 2.33. The van der Waals surface area contributed by atoms with Crippen LogP contribution in [0, 0.1) is 12.7 Å². The number of sulfonamides is 1. The second-order valence-corrected chi connectivity index (χ2v) is 12.1. The van der Waals surface area contributed by atoms with Gasteiger partial charge in [0, 0.05) is 12.6 Å². The highest BCUT2D eigenvalue weighted by atomic mass is 32.2.